The van der Waals surface area contributed by atoms with Crippen LogP contribution < -0.4 is 5.73 Å². The Bertz CT molecular complexity index is 295. The minimum absolute atomic E-state index is 0.490. The predicted molar refractivity (Wildman–Crippen MR) is 53.0 cm³/mol. The Morgan fingerprint density at radius 3 is 2.46 bits per heavy atom. The van der Waals surface area contributed by atoms with Gasteiger partial charge in [-0.15, -0.1) is 0 Å². The maximum Gasteiger partial charge on any atom is 0.118 e. The summed E-state index contributed by atoms with van der Waals surface area (Å²) in [5.74, 6) is 0. The summed E-state index contributed by atoms with van der Waals surface area (Å²) in [5.41, 5.74) is 7.75. The van der Waals surface area contributed by atoms with Gasteiger partial charge in [0.15, 0.2) is 0 Å². The van der Waals surface area contributed by atoms with Gasteiger partial charge in [0.05, 0.1) is 6.07 Å². The van der Waals surface area contributed by atoms with Crippen molar-refractivity contribution < 1.29 is 0 Å². The summed E-state index contributed by atoms with van der Waals surface area (Å²) in [4.78, 5) is 0. The molecule has 2 nitrogen and oxygen atoms in total. The third-order valence-electron chi connectivity index (χ3n) is 2.02. The lowest BCUT2D eigenvalue weighted by Gasteiger charge is -2.04. The number of nitrogens with zero attached hydrogens (tertiary/aromatic N) is 1. The number of aryl methyl sites for hydroxylation is 1. The molecule has 1 aromatic carbocycles. The van der Waals surface area contributed by atoms with E-state index in [-0.39, 0.29) is 0 Å². The number of nitriles is 1. The van der Waals surface area contributed by atoms with Gasteiger partial charge in [-0.3, -0.25) is 0 Å². The van der Waals surface area contributed by atoms with E-state index >= 15 is 0 Å². The van der Waals surface area contributed by atoms with Crippen molar-refractivity contribution in [1.82, 2.24) is 0 Å². The van der Waals surface area contributed by atoms with Crippen LogP contribution >= 0.6 is 0 Å². The van der Waals surface area contributed by atoms with E-state index in [4.69, 9.17) is 11.0 Å². The fraction of sp³-hybridized carbons (Fsp3) is 0.364. The fourth-order valence-electron chi connectivity index (χ4n) is 1.25. The molecule has 0 saturated carbocycles. The second kappa shape index (κ2) is 4.64. The highest BCUT2D eigenvalue weighted by atomic mass is 14.6. The Balaban J connectivity index is 2.76. The van der Waals surface area contributed by atoms with Crippen molar-refractivity contribution in [3.63, 3.8) is 0 Å². The molecule has 0 fully saturated rings. The maximum atomic E-state index is 8.59. The van der Waals surface area contributed by atoms with E-state index < -0.39 is 6.04 Å². The molecule has 0 aliphatic heterocycles. The van der Waals surface area contributed by atoms with Crippen molar-refractivity contribution in [2.45, 2.75) is 25.8 Å². The molecule has 0 bridgehead atoms. The van der Waals surface area contributed by atoms with E-state index in [2.05, 4.69) is 6.92 Å². The molecule has 2 heteroatoms. The zero-order valence-electron chi connectivity index (χ0n) is 7.83. The van der Waals surface area contributed by atoms with Crippen LogP contribution in [0.25, 0.3) is 0 Å². The third-order valence-corrected chi connectivity index (χ3v) is 2.02. The molecule has 0 saturated heterocycles. The average Bonchev–Trinajstić information content (AvgIpc) is 2.18. The Hall–Kier alpha value is -1.33. The summed E-state index contributed by atoms with van der Waals surface area (Å²) in [7, 11) is 0. The van der Waals surface area contributed by atoms with Gasteiger partial charge in [0.1, 0.15) is 6.04 Å². The zero-order chi connectivity index (χ0) is 9.68. The molecule has 0 amide bonds. The first-order valence-electron chi connectivity index (χ1n) is 4.52. The number of hydrogen-bond donors (Lipinski definition) is 1. The Labute approximate surface area is 79.0 Å². The van der Waals surface area contributed by atoms with Crippen LogP contribution in [0.4, 0.5) is 0 Å². The van der Waals surface area contributed by atoms with Crippen molar-refractivity contribution in [2.24, 2.45) is 5.73 Å². The molecule has 0 aliphatic rings. The van der Waals surface area contributed by atoms with E-state index in [1.54, 1.807) is 0 Å². The Morgan fingerprint density at radius 1 is 1.38 bits per heavy atom. The summed E-state index contributed by atoms with van der Waals surface area (Å²) < 4.78 is 0. The van der Waals surface area contributed by atoms with Gasteiger partial charge in [-0.25, -0.2) is 0 Å². The lowest BCUT2D eigenvalue weighted by atomic mass is 10.0. The van der Waals surface area contributed by atoms with Crippen LogP contribution in [0.15, 0.2) is 24.3 Å². The smallest absolute Gasteiger partial charge is 0.118 e. The minimum atomic E-state index is -0.490. The van der Waals surface area contributed by atoms with Crippen LogP contribution in [-0.4, -0.2) is 0 Å². The minimum Gasteiger partial charge on any atom is -0.312 e. The summed E-state index contributed by atoms with van der Waals surface area (Å²) >= 11 is 0. The highest BCUT2D eigenvalue weighted by Gasteiger charge is 2.02. The molecule has 0 aliphatic carbocycles. The van der Waals surface area contributed by atoms with Gasteiger partial charge >= 0.3 is 0 Å². The van der Waals surface area contributed by atoms with Crippen molar-refractivity contribution in [2.75, 3.05) is 0 Å². The number of benzene rings is 1. The van der Waals surface area contributed by atoms with E-state index in [9.17, 15) is 0 Å². The maximum absolute atomic E-state index is 8.59. The van der Waals surface area contributed by atoms with Gasteiger partial charge in [0, 0.05) is 0 Å². The molecule has 1 rings (SSSR count). The van der Waals surface area contributed by atoms with E-state index in [1.165, 1.54) is 5.56 Å². The molecule has 0 heterocycles. The van der Waals surface area contributed by atoms with Crippen LogP contribution in [0.5, 0.6) is 0 Å². The SMILES string of the molecule is CCCc1ccc(C(N)C#N)cc1. The second-order valence-corrected chi connectivity index (χ2v) is 3.10. The number of hydrogen-bond acceptors (Lipinski definition) is 2. The van der Waals surface area contributed by atoms with Gasteiger partial charge in [-0.2, -0.15) is 5.26 Å². The summed E-state index contributed by atoms with van der Waals surface area (Å²) in [6, 6.07) is 9.45. The third kappa shape index (κ3) is 2.57. The molecule has 2 N–H and O–H groups in total. The van der Waals surface area contributed by atoms with Gasteiger partial charge in [0.25, 0.3) is 0 Å². The van der Waals surface area contributed by atoms with Crippen molar-refractivity contribution >= 4 is 0 Å². The monoisotopic (exact) mass is 174 g/mol. The Morgan fingerprint density at radius 2 is 2.00 bits per heavy atom. The number of rotatable bonds is 3. The molecular weight excluding hydrogens is 160 g/mol. The normalized spacial score (nSPS) is 12.1. The highest BCUT2D eigenvalue weighted by Crippen LogP contribution is 2.11. The van der Waals surface area contributed by atoms with Crippen molar-refractivity contribution in [1.29, 1.82) is 5.26 Å². The van der Waals surface area contributed by atoms with E-state index in [0.29, 0.717) is 0 Å². The van der Waals surface area contributed by atoms with Crippen LogP contribution in [0, 0.1) is 11.3 Å². The van der Waals surface area contributed by atoms with Crippen LogP contribution in [0.2, 0.25) is 0 Å². The lowest BCUT2D eigenvalue weighted by Crippen LogP contribution is -2.06. The first kappa shape index (κ1) is 9.76. The molecule has 1 atom stereocenters. The summed E-state index contributed by atoms with van der Waals surface area (Å²) in [5, 5.41) is 8.59. The molecule has 0 radical (unpaired) electrons. The summed E-state index contributed by atoms with van der Waals surface area (Å²) in [6.07, 6.45) is 2.23. The molecule has 1 unspecified atom stereocenters. The first-order chi connectivity index (χ1) is 6.27. The van der Waals surface area contributed by atoms with E-state index in [1.807, 2.05) is 30.3 Å². The largest absolute Gasteiger partial charge is 0.312 e. The fourth-order valence-corrected chi connectivity index (χ4v) is 1.25. The quantitative estimate of drug-likeness (QED) is 0.763. The van der Waals surface area contributed by atoms with Crippen molar-refractivity contribution in [3.8, 4) is 6.07 Å². The molecule has 13 heavy (non-hydrogen) atoms. The van der Waals surface area contributed by atoms with Crippen LogP contribution in [0.3, 0.4) is 0 Å². The Kier molecular flexibility index (Phi) is 3.48. The van der Waals surface area contributed by atoms with Crippen LogP contribution in [0.1, 0.15) is 30.5 Å². The molecule has 0 aromatic heterocycles. The molecule has 68 valence electrons. The standard InChI is InChI=1S/C11H14N2/c1-2-3-9-4-6-10(7-5-9)11(13)8-12/h4-7,11H,2-3,13H2,1H3. The molecular formula is C11H14N2. The molecule has 1 aromatic rings. The van der Waals surface area contributed by atoms with Gasteiger partial charge in [0.2, 0.25) is 0 Å². The molecule has 0 spiro atoms. The topological polar surface area (TPSA) is 49.8 Å². The van der Waals surface area contributed by atoms with Crippen LogP contribution in [-0.2, 0) is 6.42 Å². The van der Waals surface area contributed by atoms with E-state index in [0.717, 1.165) is 18.4 Å². The zero-order valence-corrected chi connectivity index (χ0v) is 7.83. The van der Waals surface area contributed by atoms with Gasteiger partial charge in [-0.05, 0) is 17.5 Å². The second-order valence-electron chi connectivity index (χ2n) is 3.10. The highest BCUT2D eigenvalue weighted by molar-refractivity contribution is 5.27. The summed E-state index contributed by atoms with van der Waals surface area (Å²) in [6.45, 7) is 2.15. The first-order valence-corrected chi connectivity index (χ1v) is 4.52. The average molecular weight is 174 g/mol. The number of nitrogens with two attached hydrogens (primary N) is 1. The van der Waals surface area contributed by atoms with Gasteiger partial charge < -0.3 is 5.73 Å². The predicted octanol–water partition coefficient (Wildman–Crippen LogP) is 2.16. The van der Waals surface area contributed by atoms with Crippen molar-refractivity contribution in [3.05, 3.63) is 35.4 Å². The lowest BCUT2D eigenvalue weighted by molar-refractivity contribution is 0.903. The van der Waals surface area contributed by atoms with Gasteiger partial charge in [-0.1, -0.05) is 37.6 Å².